The number of carbonyl (C=O) groups excluding carboxylic acids is 2. The highest BCUT2D eigenvalue weighted by Crippen LogP contribution is 2.31. The van der Waals surface area contributed by atoms with Gasteiger partial charge in [0.15, 0.2) is 11.6 Å². The minimum atomic E-state index is -1.35. The summed E-state index contributed by atoms with van der Waals surface area (Å²) in [5, 5.41) is 9.48. The number of aliphatic hydroxyl groups is 1. The number of ketones is 2. The molecule has 11 heavy (non-hydrogen) atoms. The summed E-state index contributed by atoms with van der Waals surface area (Å²) in [5.41, 5.74) is -1.35. The first kappa shape index (κ1) is 6.94. The summed E-state index contributed by atoms with van der Waals surface area (Å²) in [4.78, 5) is 22.0. The fourth-order valence-electron chi connectivity index (χ4n) is 1.50. The summed E-state index contributed by atoms with van der Waals surface area (Å²) in [6.45, 7) is -0.0117. The fraction of sp³-hybridized carbons (Fsp3) is 0.714. The van der Waals surface area contributed by atoms with Crippen molar-refractivity contribution in [1.29, 1.82) is 0 Å². The van der Waals surface area contributed by atoms with Crippen LogP contribution >= 0.6 is 0 Å². The fourth-order valence-corrected chi connectivity index (χ4v) is 1.50. The molecule has 2 atom stereocenters. The Labute approximate surface area is 63.1 Å². The predicted octanol–water partition coefficient (Wildman–Crippen LogP) is -0.952. The van der Waals surface area contributed by atoms with Gasteiger partial charge in [-0.15, -0.1) is 0 Å². The van der Waals surface area contributed by atoms with E-state index in [0.29, 0.717) is 0 Å². The molecule has 60 valence electrons. The van der Waals surface area contributed by atoms with Crippen molar-refractivity contribution >= 4 is 11.6 Å². The molecule has 2 rings (SSSR count). The Kier molecular flexibility index (Phi) is 1.20. The molecule has 1 saturated heterocycles. The second kappa shape index (κ2) is 1.89. The standard InChI is InChI=1S/C7H8O4/c8-4-1-6(9)7(10)2-5(4)11-3-7/h5,10H,1-3H2/t5-,7+/m0/s1. The van der Waals surface area contributed by atoms with Crippen LogP contribution in [0.4, 0.5) is 0 Å². The van der Waals surface area contributed by atoms with Gasteiger partial charge in [0.2, 0.25) is 0 Å². The number of carbonyl (C=O) groups is 2. The average molecular weight is 156 g/mol. The Balaban J connectivity index is 2.32. The van der Waals surface area contributed by atoms with Gasteiger partial charge in [0.25, 0.3) is 0 Å². The van der Waals surface area contributed by atoms with Crippen LogP contribution in [0.25, 0.3) is 0 Å². The molecule has 1 aliphatic carbocycles. The lowest BCUT2D eigenvalue weighted by Crippen LogP contribution is -2.44. The molecule has 1 saturated carbocycles. The van der Waals surface area contributed by atoms with Crippen molar-refractivity contribution in [3.63, 3.8) is 0 Å². The Bertz CT molecular complexity index is 235. The lowest BCUT2D eigenvalue weighted by atomic mass is 9.84. The highest BCUT2D eigenvalue weighted by Gasteiger charge is 2.51. The van der Waals surface area contributed by atoms with Gasteiger partial charge < -0.3 is 9.84 Å². The van der Waals surface area contributed by atoms with E-state index in [2.05, 4.69) is 0 Å². The molecule has 0 spiro atoms. The molecule has 0 aromatic rings. The Morgan fingerprint density at radius 1 is 1.55 bits per heavy atom. The van der Waals surface area contributed by atoms with Crippen LogP contribution in [0.1, 0.15) is 12.8 Å². The summed E-state index contributed by atoms with van der Waals surface area (Å²) in [6.07, 6.45) is -0.538. The van der Waals surface area contributed by atoms with Crippen molar-refractivity contribution in [3.05, 3.63) is 0 Å². The summed E-state index contributed by atoms with van der Waals surface area (Å²) in [5.74, 6) is -0.589. The molecule has 2 fully saturated rings. The van der Waals surface area contributed by atoms with Crippen LogP contribution in [0.5, 0.6) is 0 Å². The van der Waals surface area contributed by atoms with Crippen LogP contribution in [0, 0.1) is 0 Å². The van der Waals surface area contributed by atoms with Gasteiger partial charge in [0, 0.05) is 6.42 Å². The van der Waals surface area contributed by atoms with E-state index >= 15 is 0 Å². The predicted molar refractivity (Wildman–Crippen MR) is 33.9 cm³/mol. The van der Waals surface area contributed by atoms with Crippen molar-refractivity contribution in [2.75, 3.05) is 6.61 Å². The van der Waals surface area contributed by atoms with Gasteiger partial charge in [-0.3, -0.25) is 9.59 Å². The second-order valence-corrected chi connectivity index (χ2v) is 3.10. The largest absolute Gasteiger partial charge is 0.379 e. The van der Waals surface area contributed by atoms with Crippen LogP contribution in [0.3, 0.4) is 0 Å². The van der Waals surface area contributed by atoms with Gasteiger partial charge in [-0.25, -0.2) is 0 Å². The molecule has 2 bridgehead atoms. The molecule has 0 radical (unpaired) electrons. The van der Waals surface area contributed by atoms with Crippen LogP contribution in [0.2, 0.25) is 0 Å². The van der Waals surface area contributed by atoms with Crippen molar-refractivity contribution in [2.45, 2.75) is 24.5 Å². The van der Waals surface area contributed by atoms with E-state index in [-0.39, 0.29) is 25.2 Å². The zero-order chi connectivity index (χ0) is 8.06. The molecule has 2 aliphatic rings. The van der Waals surface area contributed by atoms with Crippen LogP contribution in [-0.4, -0.2) is 35.0 Å². The summed E-state index contributed by atoms with van der Waals surface area (Å²) in [6, 6.07) is 0. The van der Waals surface area contributed by atoms with E-state index in [1.54, 1.807) is 0 Å². The molecular formula is C7H8O4. The summed E-state index contributed by atoms with van der Waals surface area (Å²) < 4.78 is 4.94. The van der Waals surface area contributed by atoms with Crippen LogP contribution in [-0.2, 0) is 14.3 Å². The van der Waals surface area contributed by atoms with E-state index < -0.39 is 17.5 Å². The first-order valence-electron chi connectivity index (χ1n) is 3.52. The number of Topliss-reactive ketones (excluding diaryl/α,β-unsaturated/α-hetero) is 2. The highest BCUT2D eigenvalue weighted by molar-refractivity contribution is 6.08. The SMILES string of the molecule is O=C1CC(=O)[C@]2(O)CO[C@H]1C2. The van der Waals surface area contributed by atoms with Crippen LogP contribution in [0.15, 0.2) is 0 Å². The minimum absolute atomic E-state index is 0.0117. The second-order valence-electron chi connectivity index (χ2n) is 3.10. The maximum absolute atomic E-state index is 11.0. The van der Waals surface area contributed by atoms with Crippen molar-refractivity contribution < 1.29 is 19.4 Å². The van der Waals surface area contributed by atoms with Crippen molar-refractivity contribution in [2.24, 2.45) is 0 Å². The number of ether oxygens (including phenoxy) is 1. The molecule has 1 heterocycles. The molecule has 0 unspecified atom stereocenters. The molecular weight excluding hydrogens is 148 g/mol. The summed E-state index contributed by atoms with van der Waals surface area (Å²) >= 11 is 0. The van der Waals surface area contributed by atoms with E-state index in [0.717, 1.165) is 0 Å². The highest BCUT2D eigenvalue weighted by atomic mass is 16.5. The minimum Gasteiger partial charge on any atom is -0.379 e. The summed E-state index contributed by atoms with van der Waals surface area (Å²) in [7, 11) is 0. The van der Waals surface area contributed by atoms with Gasteiger partial charge >= 0.3 is 0 Å². The molecule has 0 amide bonds. The maximum atomic E-state index is 11.0. The van der Waals surface area contributed by atoms with Gasteiger partial charge in [-0.05, 0) is 0 Å². The quantitative estimate of drug-likeness (QED) is 0.459. The molecule has 1 N–H and O–H groups in total. The van der Waals surface area contributed by atoms with E-state index in [4.69, 9.17) is 4.74 Å². The van der Waals surface area contributed by atoms with E-state index in [1.807, 2.05) is 0 Å². The normalized spacial score (nSPS) is 43.2. The van der Waals surface area contributed by atoms with Crippen molar-refractivity contribution in [1.82, 2.24) is 0 Å². The lowest BCUT2D eigenvalue weighted by Gasteiger charge is -2.21. The zero-order valence-electron chi connectivity index (χ0n) is 5.87. The lowest BCUT2D eigenvalue weighted by molar-refractivity contribution is -0.142. The third kappa shape index (κ3) is 0.829. The van der Waals surface area contributed by atoms with E-state index in [9.17, 15) is 14.7 Å². The van der Waals surface area contributed by atoms with Crippen molar-refractivity contribution in [3.8, 4) is 0 Å². The van der Waals surface area contributed by atoms with Gasteiger partial charge in [0.1, 0.15) is 11.7 Å². The first-order chi connectivity index (χ1) is 5.12. The number of hydrogen-bond acceptors (Lipinski definition) is 4. The third-order valence-corrected chi connectivity index (χ3v) is 2.26. The zero-order valence-corrected chi connectivity index (χ0v) is 5.87. The molecule has 0 aromatic heterocycles. The van der Waals surface area contributed by atoms with Crippen LogP contribution < -0.4 is 0 Å². The Hall–Kier alpha value is -0.740. The molecule has 0 aromatic carbocycles. The average Bonchev–Trinajstić information content (AvgIpc) is 2.28. The first-order valence-corrected chi connectivity index (χ1v) is 3.52. The van der Waals surface area contributed by atoms with E-state index in [1.165, 1.54) is 0 Å². The maximum Gasteiger partial charge on any atom is 0.174 e. The molecule has 4 nitrogen and oxygen atoms in total. The van der Waals surface area contributed by atoms with Gasteiger partial charge in [0.05, 0.1) is 13.0 Å². The third-order valence-electron chi connectivity index (χ3n) is 2.26. The smallest absolute Gasteiger partial charge is 0.174 e. The van der Waals surface area contributed by atoms with Gasteiger partial charge in [-0.2, -0.15) is 0 Å². The van der Waals surface area contributed by atoms with Gasteiger partial charge in [-0.1, -0.05) is 0 Å². The monoisotopic (exact) mass is 156 g/mol. The molecule has 4 heteroatoms. The molecule has 1 aliphatic heterocycles. The number of hydrogen-bond donors (Lipinski definition) is 1. The number of rotatable bonds is 0. The Morgan fingerprint density at radius 2 is 2.27 bits per heavy atom. The number of fused-ring (bicyclic) bond motifs is 2. The Morgan fingerprint density at radius 3 is 3.00 bits per heavy atom. The topological polar surface area (TPSA) is 63.6 Å².